The molecule has 1 aromatic heterocycles. The Labute approximate surface area is 108 Å². The van der Waals surface area contributed by atoms with Gasteiger partial charge in [0.2, 0.25) is 5.91 Å². The Morgan fingerprint density at radius 1 is 1.56 bits per heavy atom. The summed E-state index contributed by atoms with van der Waals surface area (Å²) in [6, 6.07) is -0.150. The molecule has 2 unspecified atom stereocenters. The second-order valence-electron chi connectivity index (χ2n) is 5.10. The predicted molar refractivity (Wildman–Crippen MR) is 70.0 cm³/mol. The number of nitrogens with two attached hydrogens (primary N) is 1. The van der Waals surface area contributed by atoms with E-state index < -0.39 is 5.54 Å². The zero-order valence-corrected chi connectivity index (χ0v) is 11.8. The monoisotopic (exact) mass is 253 g/mol. The van der Waals surface area contributed by atoms with Crippen LogP contribution >= 0.6 is 0 Å². The molecule has 0 aliphatic carbocycles. The molecule has 3 N–H and O–H groups in total. The molecule has 1 amide bonds. The predicted octanol–water partition coefficient (Wildman–Crippen LogP) is 1.99. The van der Waals surface area contributed by atoms with Gasteiger partial charge in [0.1, 0.15) is 5.76 Å². The van der Waals surface area contributed by atoms with Gasteiger partial charge in [-0.3, -0.25) is 4.79 Å². The number of nitrogens with zero attached hydrogens (tertiary/aromatic N) is 1. The molecule has 18 heavy (non-hydrogen) atoms. The molecule has 0 aliphatic rings. The zero-order valence-electron chi connectivity index (χ0n) is 11.8. The van der Waals surface area contributed by atoms with E-state index in [1.54, 1.807) is 6.92 Å². The van der Waals surface area contributed by atoms with Gasteiger partial charge >= 0.3 is 0 Å². The maximum Gasteiger partial charge on any atom is 0.240 e. The molecule has 0 fully saturated rings. The molecule has 1 heterocycles. The van der Waals surface area contributed by atoms with E-state index in [1.807, 2.05) is 27.7 Å². The first-order valence-electron chi connectivity index (χ1n) is 6.32. The Balaban J connectivity index is 2.77. The fourth-order valence-electron chi connectivity index (χ4n) is 2.17. The van der Waals surface area contributed by atoms with Crippen LogP contribution < -0.4 is 11.1 Å². The topological polar surface area (TPSA) is 81.2 Å². The second-order valence-corrected chi connectivity index (χ2v) is 5.10. The van der Waals surface area contributed by atoms with Gasteiger partial charge in [0.25, 0.3) is 0 Å². The molecule has 5 nitrogen and oxygen atoms in total. The van der Waals surface area contributed by atoms with Crippen molar-refractivity contribution in [2.75, 3.05) is 0 Å². The summed E-state index contributed by atoms with van der Waals surface area (Å²) in [5.41, 5.74) is 6.89. The highest BCUT2D eigenvalue weighted by atomic mass is 16.5. The summed E-state index contributed by atoms with van der Waals surface area (Å²) in [6.45, 7) is 9.38. The molecular weight excluding hydrogens is 230 g/mol. The number of hydrogen-bond donors (Lipinski definition) is 2. The lowest BCUT2D eigenvalue weighted by Gasteiger charge is -2.25. The van der Waals surface area contributed by atoms with Gasteiger partial charge in [0.05, 0.1) is 17.3 Å². The van der Waals surface area contributed by atoms with Crippen LogP contribution in [0.25, 0.3) is 0 Å². The Morgan fingerprint density at radius 2 is 2.17 bits per heavy atom. The van der Waals surface area contributed by atoms with Crippen molar-refractivity contribution in [2.24, 2.45) is 5.73 Å². The van der Waals surface area contributed by atoms with Crippen molar-refractivity contribution in [1.82, 2.24) is 10.5 Å². The van der Waals surface area contributed by atoms with Crippen LogP contribution in [-0.2, 0) is 4.79 Å². The van der Waals surface area contributed by atoms with Gasteiger partial charge < -0.3 is 15.6 Å². The van der Waals surface area contributed by atoms with Gasteiger partial charge in [0, 0.05) is 5.56 Å². The van der Waals surface area contributed by atoms with Crippen LogP contribution in [0.5, 0.6) is 0 Å². The normalized spacial score (nSPS) is 16.1. The number of rotatable bonds is 5. The van der Waals surface area contributed by atoms with Crippen LogP contribution in [0.3, 0.4) is 0 Å². The van der Waals surface area contributed by atoms with E-state index in [0.717, 1.165) is 23.4 Å². The van der Waals surface area contributed by atoms with Gasteiger partial charge in [-0.15, -0.1) is 0 Å². The Kier molecular flexibility index (Phi) is 4.51. The molecule has 0 saturated heterocycles. The minimum absolute atomic E-state index is 0.142. The number of carbonyl (C=O) groups is 1. The third kappa shape index (κ3) is 3.10. The van der Waals surface area contributed by atoms with Gasteiger partial charge in [-0.25, -0.2) is 0 Å². The van der Waals surface area contributed by atoms with Crippen molar-refractivity contribution in [3.8, 4) is 0 Å². The highest BCUT2D eigenvalue weighted by Gasteiger charge is 2.29. The number of carbonyl (C=O) groups excluding carboxylic acids is 1. The smallest absolute Gasteiger partial charge is 0.240 e. The van der Waals surface area contributed by atoms with Gasteiger partial charge in [-0.05, 0) is 34.1 Å². The first-order valence-corrected chi connectivity index (χ1v) is 6.32. The highest BCUT2D eigenvalue weighted by Crippen LogP contribution is 2.21. The van der Waals surface area contributed by atoms with Crippen LogP contribution in [0.1, 0.15) is 56.7 Å². The van der Waals surface area contributed by atoms with Crippen molar-refractivity contribution in [2.45, 2.75) is 59.0 Å². The molecule has 0 saturated carbocycles. The molecule has 0 aliphatic heterocycles. The quantitative estimate of drug-likeness (QED) is 0.840. The minimum atomic E-state index is -0.831. The van der Waals surface area contributed by atoms with E-state index in [9.17, 15) is 4.79 Å². The van der Waals surface area contributed by atoms with Crippen LogP contribution in [-0.4, -0.2) is 16.6 Å². The van der Waals surface area contributed by atoms with Crippen LogP contribution in [0.4, 0.5) is 0 Å². The lowest BCUT2D eigenvalue weighted by molar-refractivity contribution is -0.126. The van der Waals surface area contributed by atoms with Crippen molar-refractivity contribution in [3.63, 3.8) is 0 Å². The molecule has 1 rings (SSSR count). The molecule has 0 spiro atoms. The average Bonchev–Trinajstić information content (AvgIpc) is 2.58. The van der Waals surface area contributed by atoms with Crippen molar-refractivity contribution in [1.29, 1.82) is 0 Å². The number of amides is 1. The summed E-state index contributed by atoms with van der Waals surface area (Å²) in [7, 11) is 0. The van der Waals surface area contributed by atoms with E-state index in [0.29, 0.717) is 6.42 Å². The lowest BCUT2D eigenvalue weighted by Crippen LogP contribution is -2.52. The van der Waals surface area contributed by atoms with Crippen molar-refractivity contribution < 1.29 is 9.32 Å². The van der Waals surface area contributed by atoms with Gasteiger partial charge in [0.15, 0.2) is 0 Å². The summed E-state index contributed by atoms with van der Waals surface area (Å²) >= 11 is 0. The molecule has 2 atom stereocenters. The van der Waals surface area contributed by atoms with E-state index in [1.165, 1.54) is 0 Å². The Hall–Kier alpha value is -1.36. The Morgan fingerprint density at radius 3 is 2.61 bits per heavy atom. The van der Waals surface area contributed by atoms with E-state index in [2.05, 4.69) is 10.5 Å². The zero-order chi connectivity index (χ0) is 13.9. The minimum Gasteiger partial charge on any atom is -0.361 e. The third-order valence-corrected chi connectivity index (χ3v) is 3.16. The van der Waals surface area contributed by atoms with Crippen molar-refractivity contribution >= 4 is 5.91 Å². The van der Waals surface area contributed by atoms with Crippen LogP contribution in [0.2, 0.25) is 0 Å². The van der Waals surface area contributed by atoms with E-state index in [-0.39, 0.29) is 11.9 Å². The van der Waals surface area contributed by atoms with Gasteiger partial charge in [-0.2, -0.15) is 0 Å². The first kappa shape index (κ1) is 14.7. The molecular formula is C13H23N3O2. The van der Waals surface area contributed by atoms with E-state index >= 15 is 0 Å². The molecule has 0 aromatic carbocycles. The molecule has 102 valence electrons. The largest absolute Gasteiger partial charge is 0.361 e. The van der Waals surface area contributed by atoms with Crippen LogP contribution in [0.15, 0.2) is 4.52 Å². The second kappa shape index (κ2) is 5.52. The number of hydrogen-bond acceptors (Lipinski definition) is 4. The first-order chi connectivity index (χ1) is 8.29. The summed E-state index contributed by atoms with van der Waals surface area (Å²) in [5, 5.41) is 6.81. The fraction of sp³-hybridized carbons (Fsp3) is 0.692. The SMILES string of the molecule is CCCC(C)(N)C(=O)NC(C)c1c(C)noc1C. The molecule has 0 bridgehead atoms. The summed E-state index contributed by atoms with van der Waals surface area (Å²) in [5.74, 6) is 0.589. The summed E-state index contributed by atoms with van der Waals surface area (Å²) in [4.78, 5) is 12.1. The third-order valence-electron chi connectivity index (χ3n) is 3.16. The van der Waals surface area contributed by atoms with Crippen LogP contribution in [0, 0.1) is 13.8 Å². The lowest BCUT2D eigenvalue weighted by atomic mass is 9.95. The Bertz CT molecular complexity index is 404. The molecule has 0 radical (unpaired) electrons. The standard InChI is InChI=1S/C13H23N3O2/c1-6-7-13(5,14)12(17)15-8(2)11-9(3)16-18-10(11)4/h8H,6-7,14H2,1-5H3,(H,15,17). The molecule has 1 aromatic rings. The molecule has 5 heteroatoms. The highest BCUT2D eigenvalue weighted by molar-refractivity contribution is 5.85. The van der Waals surface area contributed by atoms with Gasteiger partial charge in [-0.1, -0.05) is 18.5 Å². The maximum absolute atomic E-state index is 12.1. The number of nitrogens with one attached hydrogen (secondary N) is 1. The van der Waals surface area contributed by atoms with E-state index in [4.69, 9.17) is 10.3 Å². The number of aromatic nitrogens is 1. The summed E-state index contributed by atoms with van der Waals surface area (Å²) in [6.07, 6.45) is 1.53. The van der Waals surface area contributed by atoms with Crippen molar-refractivity contribution in [3.05, 3.63) is 17.0 Å². The summed E-state index contributed by atoms with van der Waals surface area (Å²) < 4.78 is 5.10. The maximum atomic E-state index is 12.1. The fourth-order valence-corrected chi connectivity index (χ4v) is 2.17. The number of aryl methyl sites for hydroxylation is 2. The average molecular weight is 253 g/mol.